The van der Waals surface area contributed by atoms with Crippen LogP contribution >= 0.6 is 0 Å². The van der Waals surface area contributed by atoms with E-state index in [2.05, 4.69) is 37.8 Å². The smallest absolute Gasteiger partial charge is 0.399 e. The molecule has 1 aliphatic heterocycles. The topological polar surface area (TPSA) is 49.2 Å². The Hall–Kier alpha value is -1.66. The van der Waals surface area contributed by atoms with Crippen LogP contribution in [0.5, 0.6) is 0 Å². The summed E-state index contributed by atoms with van der Waals surface area (Å²) in [6.07, 6.45) is 3.55. The van der Waals surface area contributed by atoms with Gasteiger partial charge in [-0.05, 0) is 53.7 Å². The van der Waals surface area contributed by atoms with Gasteiger partial charge in [-0.1, -0.05) is 0 Å². The largest absolute Gasteiger partial charge is 0.498 e. The second-order valence-corrected chi connectivity index (χ2v) is 6.80. The average Bonchev–Trinajstić information content (AvgIpc) is 2.84. The fourth-order valence-corrected chi connectivity index (χ4v) is 2.69. The molecule has 22 heavy (non-hydrogen) atoms. The van der Waals surface area contributed by atoms with Gasteiger partial charge in [0.25, 0.3) is 0 Å². The molecule has 0 aliphatic carbocycles. The first kappa shape index (κ1) is 15.2. The molecule has 0 saturated carbocycles. The number of rotatable bonds is 2. The quantitative estimate of drug-likeness (QED) is 0.798. The number of hydrogen-bond acceptors (Lipinski definition) is 4. The summed E-state index contributed by atoms with van der Waals surface area (Å²) in [5, 5.41) is 4.64. The van der Waals surface area contributed by atoms with Crippen LogP contribution in [0.4, 0.5) is 0 Å². The normalized spacial score (nSPS) is 19.6. The Bertz CT molecular complexity index is 679. The molecule has 3 heterocycles. The first-order chi connectivity index (χ1) is 10.2. The van der Waals surface area contributed by atoms with Crippen molar-refractivity contribution >= 4 is 12.6 Å². The van der Waals surface area contributed by atoms with Crippen LogP contribution in [0.2, 0.25) is 0 Å². The van der Waals surface area contributed by atoms with Gasteiger partial charge in [0, 0.05) is 17.4 Å². The highest BCUT2D eigenvalue weighted by molar-refractivity contribution is 6.63. The third kappa shape index (κ3) is 2.27. The molecular weight excluding hydrogens is 277 g/mol. The van der Waals surface area contributed by atoms with Gasteiger partial charge < -0.3 is 9.31 Å². The van der Waals surface area contributed by atoms with Crippen molar-refractivity contribution in [1.29, 1.82) is 0 Å². The molecule has 5 nitrogen and oxygen atoms in total. The highest BCUT2D eigenvalue weighted by Gasteiger charge is 2.53. The summed E-state index contributed by atoms with van der Waals surface area (Å²) < 4.78 is 14.2. The fourth-order valence-electron chi connectivity index (χ4n) is 2.69. The van der Waals surface area contributed by atoms with Gasteiger partial charge in [0.1, 0.15) is 0 Å². The molecule has 1 fully saturated rings. The van der Waals surface area contributed by atoms with E-state index in [4.69, 9.17) is 9.31 Å². The first-order valence-corrected chi connectivity index (χ1v) is 7.55. The Balaban J connectivity index is 2.02. The maximum atomic E-state index is 6.17. The summed E-state index contributed by atoms with van der Waals surface area (Å²) in [6, 6.07) is 3.89. The van der Waals surface area contributed by atoms with Gasteiger partial charge in [0.05, 0.1) is 28.8 Å². The van der Waals surface area contributed by atoms with Crippen LogP contribution in [0.3, 0.4) is 0 Å². The maximum absolute atomic E-state index is 6.17. The van der Waals surface area contributed by atoms with Crippen molar-refractivity contribution < 1.29 is 9.31 Å². The molecule has 0 amide bonds. The Morgan fingerprint density at radius 3 is 2.27 bits per heavy atom. The van der Waals surface area contributed by atoms with Crippen molar-refractivity contribution in [2.45, 2.75) is 52.7 Å². The Labute approximate surface area is 131 Å². The van der Waals surface area contributed by atoms with Crippen LogP contribution in [0.25, 0.3) is 5.69 Å². The number of aryl methyl sites for hydroxylation is 1. The maximum Gasteiger partial charge on any atom is 0.498 e. The van der Waals surface area contributed by atoms with Crippen molar-refractivity contribution in [3.8, 4) is 5.69 Å². The lowest BCUT2D eigenvalue weighted by Crippen LogP contribution is -2.41. The third-order valence-corrected chi connectivity index (χ3v) is 4.73. The van der Waals surface area contributed by atoms with Crippen molar-refractivity contribution in [1.82, 2.24) is 14.8 Å². The van der Waals surface area contributed by atoms with Gasteiger partial charge in [-0.15, -0.1) is 0 Å². The summed E-state index contributed by atoms with van der Waals surface area (Å²) >= 11 is 0. The first-order valence-electron chi connectivity index (χ1n) is 7.55. The van der Waals surface area contributed by atoms with E-state index in [0.717, 1.165) is 22.5 Å². The number of pyridine rings is 1. The molecule has 1 aliphatic rings. The summed E-state index contributed by atoms with van der Waals surface area (Å²) in [5.41, 5.74) is 3.16. The molecule has 0 radical (unpaired) electrons. The zero-order valence-electron chi connectivity index (χ0n) is 14.0. The molecule has 0 atom stereocenters. The van der Waals surface area contributed by atoms with Crippen LogP contribution in [-0.4, -0.2) is 33.1 Å². The number of hydrogen-bond donors (Lipinski definition) is 0. The van der Waals surface area contributed by atoms with E-state index in [1.165, 1.54) is 0 Å². The fraction of sp³-hybridized carbons (Fsp3) is 0.500. The SMILES string of the molecule is Cc1nn(-c2cccnc2)c(C)c1B1OC(C)(C)C(C)(C)O1. The van der Waals surface area contributed by atoms with Crippen LogP contribution < -0.4 is 5.46 Å². The van der Waals surface area contributed by atoms with Crippen LogP contribution in [-0.2, 0) is 9.31 Å². The van der Waals surface area contributed by atoms with Gasteiger partial charge in [0.15, 0.2) is 0 Å². The molecule has 0 spiro atoms. The summed E-state index contributed by atoms with van der Waals surface area (Å²) in [7, 11) is -0.393. The molecule has 2 aromatic rings. The van der Waals surface area contributed by atoms with Crippen LogP contribution in [0.15, 0.2) is 24.5 Å². The summed E-state index contributed by atoms with van der Waals surface area (Å²) in [4.78, 5) is 4.16. The number of aromatic nitrogens is 3. The lowest BCUT2D eigenvalue weighted by Gasteiger charge is -2.32. The lowest BCUT2D eigenvalue weighted by atomic mass is 9.77. The van der Waals surface area contributed by atoms with E-state index in [1.807, 2.05) is 30.7 Å². The van der Waals surface area contributed by atoms with E-state index < -0.39 is 7.12 Å². The van der Waals surface area contributed by atoms with Gasteiger partial charge in [-0.25, -0.2) is 4.68 Å². The van der Waals surface area contributed by atoms with E-state index in [9.17, 15) is 0 Å². The Kier molecular flexibility index (Phi) is 3.42. The Morgan fingerprint density at radius 2 is 1.73 bits per heavy atom. The highest BCUT2D eigenvalue weighted by atomic mass is 16.7. The molecule has 0 N–H and O–H groups in total. The number of nitrogens with zero attached hydrogens (tertiary/aromatic N) is 3. The van der Waals surface area contributed by atoms with Gasteiger partial charge in [-0.3, -0.25) is 4.98 Å². The molecule has 2 aromatic heterocycles. The minimum atomic E-state index is -0.393. The minimum Gasteiger partial charge on any atom is -0.399 e. The molecule has 1 saturated heterocycles. The molecule has 0 unspecified atom stereocenters. The second kappa shape index (κ2) is 4.93. The van der Waals surface area contributed by atoms with E-state index in [1.54, 1.807) is 12.4 Å². The lowest BCUT2D eigenvalue weighted by molar-refractivity contribution is 0.00578. The van der Waals surface area contributed by atoms with E-state index in [-0.39, 0.29) is 11.2 Å². The predicted octanol–water partition coefficient (Wildman–Crippen LogP) is 2.18. The second-order valence-electron chi connectivity index (χ2n) is 6.80. The Morgan fingerprint density at radius 1 is 1.09 bits per heavy atom. The third-order valence-electron chi connectivity index (χ3n) is 4.73. The molecule has 116 valence electrons. The van der Waals surface area contributed by atoms with Crippen molar-refractivity contribution in [2.24, 2.45) is 0 Å². The highest BCUT2D eigenvalue weighted by Crippen LogP contribution is 2.37. The standard InChI is InChI=1S/C16H22BN3O2/c1-11-14(17-21-15(3,4)16(5,6)22-17)12(2)20(19-11)13-8-7-9-18-10-13/h7-10H,1-6H3. The predicted molar refractivity (Wildman–Crippen MR) is 86.5 cm³/mol. The van der Waals surface area contributed by atoms with Crippen molar-refractivity contribution in [2.75, 3.05) is 0 Å². The molecule has 0 aromatic carbocycles. The summed E-state index contributed by atoms with van der Waals surface area (Å²) in [5.74, 6) is 0. The van der Waals surface area contributed by atoms with E-state index in [0.29, 0.717) is 0 Å². The minimum absolute atomic E-state index is 0.354. The molecular formula is C16H22BN3O2. The molecule has 0 bridgehead atoms. The molecule has 3 rings (SSSR count). The van der Waals surface area contributed by atoms with Crippen molar-refractivity contribution in [3.63, 3.8) is 0 Å². The monoisotopic (exact) mass is 299 g/mol. The van der Waals surface area contributed by atoms with Gasteiger partial charge in [-0.2, -0.15) is 5.10 Å². The zero-order chi connectivity index (χ0) is 16.1. The van der Waals surface area contributed by atoms with Gasteiger partial charge >= 0.3 is 7.12 Å². The molecule has 6 heteroatoms. The van der Waals surface area contributed by atoms with Crippen LogP contribution in [0, 0.1) is 13.8 Å². The zero-order valence-corrected chi connectivity index (χ0v) is 14.0. The van der Waals surface area contributed by atoms with Gasteiger partial charge in [0.2, 0.25) is 0 Å². The van der Waals surface area contributed by atoms with E-state index >= 15 is 0 Å². The average molecular weight is 299 g/mol. The van der Waals surface area contributed by atoms with Crippen molar-refractivity contribution in [3.05, 3.63) is 35.9 Å². The summed E-state index contributed by atoms with van der Waals surface area (Å²) in [6.45, 7) is 12.3. The van der Waals surface area contributed by atoms with Crippen LogP contribution in [0.1, 0.15) is 39.1 Å².